The Morgan fingerprint density at radius 2 is 1.74 bits per heavy atom. The maximum absolute atomic E-state index is 2.44. The summed E-state index contributed by atoms with van der Waals surface area (Å²) < 4.78 is 3.81. The second-order valence-electron chi connectivity index (χ2n) is 8.04. The van der Waals surface area contributed by atoms with Crippen LogP contribution < -0.4 is 9.47 Å². The van der Waals surface area contributed by atoms with E-state index in [1.165, 1.54) is 42.0 Å². The summed E-state index contributed by atoms with van der Waals surface area (Å²) in [6.45, 7) is 10.9. The second-order valence-corrected chi connectivity index (χ2v) is 10.2. The van der Waals surface area contributed by atoms with Crippen molar-refractivity contribution in [1.82, 2.24) is 0 Å². The first-order valence-corrected chi connectivity index (χ1v) is 12.8. The molecule has 3 aromatic rings. The standard InChI is InChI=1S/C27H31N2S2/c1-5-16-28-22-14-12-20(3)18-24(22)30-26(28)10-8-7-9-11-27-29(17-6-2)23-15-13-21(4)19-25(23)31-27/h7-15,18-19H,5-6,16-17H2,1-4H3/q+1. The third-order valence-corrected chi connectivity index (χ3v) is 7.59. The van der Waals surface area contributed by atoms with Crippen LogP contribution >= 0.6 is 23.1 Å². The lowest BCUT2D eigenvalue weighted by Crippen LogP contribution is -2.34. The highest BCUT2D eigenvalue weighted by Crippen LogP contribution is 2.46. The van der Waals surface area contributed by atoms with Gasteiger partial charge in [-0.3, -0.25) is 0 Å². The zero-order chi connectivity index (χ0) is 21.8. The molecule has 2 aromatic carbocycles. The highest BCUT2D eigenvalue weighted by Gasteiger charge is 2.23. The lowest BCUT2D eigenvalue weighted by molar-refractivity contribution is -0.668. The van der Waals surface area contributed by atoms with E-state index in [-0.39, 0.29) is 0 Å². The summed E-state index contributed by atoms with van der Waals surface area (Å²) >= 11 is 3.75. The third-order valence-electron chi connectivity index (χ3n) is 5.37. The van der Waals surface area contributed by atoms with E-state index in [1.54, 1.807) is 0 Å². The number of aryl methyl sites for hydroxylation is 3. The maximum Gasteiger partial charge on any atom is 0.262 e. The van der Waals surface area contributed by atoms with Gasteiger partial charge in [0.1, 0.15) is 11.2 Å². The van der Waals surface area contributed by atoms with Crippen LogP contribution in [-0.4, -0.2) is 6.54 Å². The summed E-state index contributed by atoms with van der Waals surface area (Å²) in [5.74, 6) is 0. The molecule has 0 N–H and O–H groups in total. The van der Waals surface area contributed by atoms with Crippen molar-refractivity contribution in [3.8, 4) is 0 Å². The lowest BCUT2D eigenvalue weighted by atomic mass is 10.2. The molecule has 4 rings (SSSR count). The molecule has 4 heteroatoms. The minimum Gasteiger partial charge on any atom is -0.335 e. The molecule has 0 atom stereocenters. The lowest BCUT2D eigenvalue weighted by Gasteiger charge is -2.19. The molecule has 1 aliphatic rings. The van der Waals surface area contributed by atoms with E-state index in [0.29, 0.717) is 0 Å². The van der Waals surface area contributed by atoms with Gasteiger partial charge < -0.3 is 4.90 Å². The highest BCUT2D eigenvalue weighted by molar-refractivity contribution is 8.03. The molecule has 0 spiro atoms. The predicted molar refractivity (Wildman–Crippen MR) is 138 cm³/mol. The van der Waals surface area contributed by atoms with Crippen LogP contribution in [0.2, 0.25) is 0 Å². The molecule has 0 fully saturated rings. The quantitative estimate of drug-likeness (QED) is 0.271. The van der Waals surface area contributed by atoms with Crippen LogP contribution in [-0.2, 0) is 6.54 Å². The van der Waals surface area contributed by atoms with E-state index >= 15 is 0 Å². The molecule has 1 aliphatic heterocycles. The molecule has 1 aromatic heterocycles. The summed E-state index contributed by atoms with van der Waals surface area (Å²) in [6, 6.07) is 13.5. The molecule has 0 amide bonds. The van der Waals surface area contributed by atoms with Crippen molar-refractivity contribution in [2.45, 2.75) is 52.0 Å². The fourth-order valence-corrected chi connectivity index (χ4v) is 6.32. The number of thiazole rings is 1. The van der Waals surface area contributed by atoms with Crippen LogP contribution in [0.5, 0.6) is 0 Å². The van der Waals surface area contributed by atoms with Crippen molar-refractivity contribution in [2.75, 3.05) is 11.4 Å². The molecule has 2 heterocycles. The minimum atomic E-state index is 1.05. The molecule has 0 bridgehead atoms. The van der Waals surface area contributed by atoms with Crippen molar-refractivity contribution in [3.05, 3.63) is 81.9 Å². The average molecular weight is 448 g/mol. The van der Waals surface area contributed by atoms with Crippen LogP contribution in [0, 0.1) is 13.8 Å². The molecular weight excluding hydrogens is 416 g/mol. The number of benzene rings is 2. The molecule has 160 valence electrons. The smallest absolute Gasteiger partial charge is 0.262 e. The molecule has 31 heavy (non-hydrogen) atoms. The van der Waals surface area contributed by atoms with Gasteiger partial charge in [-0.1, -0.05) is 67.3 Å². The number of aromatic nitrogens is 1. The van der Waals surface area contributed by atoms with Gasteiger partial charge in [-0.25, -0.2) is 0 Å². The Morgan fingerprint density at radius 3 is 2.55 bits per heavy atom. The number of hydrogen-bond acceptors (Lipinski definition) is 3. The van der Waals surface area contributed by atoms with Gasteiger partial charge >= 0.3 is 0 Å². The van der Waals surface area contributed by atoms with Gasteiger partial charge in [-0.15, -0.1) is 0 Å². The molecular formula is C27H31N2S2+. The molecule has 0 radical (unpaired) electrons. The SMILES string of the molecule is CCCN1/C(=C/C=C/C=C/c2sc3cc(C)ccc3[n+]2CCC)Sc2cc(C)ccc21. The number of fused-ring (bicyclic) bond motifs is 2. The van der Waals surface area contributed by atoms with Gasteiger partial charge in [0.15, 0.2) is 0 Å². The van der Waals surface area contributed by atoms with Crippen LogP contribution in [0.4, 0.5) is 5.69 Å². The fraction of sp³-hybridized carbons (Fsp3) is 0.296. The van der Waals surface area contributed by atoms with Crippen molar-refractivity contribution in [2.24, 2.45) is 0 Å². The van der Waals surface area contributed by atoms with Gasteiger partial charge in [-0.05, 0) is 55.7 Å². The molecule has 0 saturated heterocycles. The van der Waals surface area contributed by atoms with Gasteiger partial charge in [0.25, 0.3) is 5.01 Å². The average Bonchev–Trinajstić information content (AvgIpc) is 3.25. The largest absolute Gasteiger partial charge is 0.335 e. The Hall–Kier alpha value is -2.30. The second kappa shape index (κ2) is 9.88. The first kappa shape index (κ1) is 21.9. The zero-order valence-corrected chi connectivity index (χ0v) is 20.5. The Morgan fingerprint density at radius 1 is 0.935 bits per heavy atom. The molecule has 2 nitrogen and oxygen atoms in total. The number of anilines is 1. The first-order valence-electron chi connectivity index (χ1n) is 11.1. The minimum absolute atomic E-state index is 1.05. The van der Waals surface area contributed by atoms with E-state index in [2.05, 4.69) is 104 Å². The van der Waals surface area contributed by atoms with Crippen LogP contribution in [0.15, 0.2) is 70.6 Å². The van der Waals surface area contributed by atoms with E-state index in [0.717, 1.165) is 25.9 Å². The van der Waals surface area contributed by atoms with Gasteiger partial charge in [0.2, 0.25) is 5.52 Å². The third kappa shape index (κ3) is 4.81. The monoisotopic (exact) mass is 447 g/mol. The molecule has 0 saturated carbocycles. The number of rotatable bonds is 7. The first-order chi connectivity index (χ1) is 15.1. The van der Waals surface area contributed by atoms with Crippen molar-refractivity contribution in [3.63, 3.8) is 0 Å². The topological polar surface area (TPSA) is 7.12 Å². The number of nitrogens with zero attached hydrogens (tertiary/aromatic N) is 2. The number of hydrogen-bond donors (Lipinski definition) is 0. The van der Waals surface area contributed by atoms with Gasteiger partial charge in [0, 0.05) is 30.0 Å². The normalized spacial score (nSPS) is 15.2. The van der Waals surface area contributed by atoms with E-state index in [1.807, 2.05) is 23.1 Å². The summed E-state index contributed by atoms with van der Waals surface area (Å²) in [7, 11) is 0. The van der Waals surface area contributed by atoms with Crippen molar-refractivity contribution < 1.29 is 4.57 Å². The van der Waals surface area contributed by atoms with Crippen LogP contribution in [0.25, 0.3) is 16.3 Å². The molecule has 0 aliphatic carbocycles. The summed E-state index contributed by atoms with van der Waals surface area (Å²) in [6.07, 6.45) is 13.2. The number of allylic oxidation sites excluding steroid dienone is 4. The Bertz CT molecular complexity index is 1170. The molecule has 0 unspecified atom stereocenters. The number of thioether (sulfide) groups is 1. The van der Waals surface area contributed by atoms with Crippen LogP contribution in [0.1, 0.15) is 42.8 Å². The summed E-state index contributed by atoms with van der Waals surface area (Å²) in [5.41, 5.74) is 5.32. The maximum atomic E-state index is 2.44. The van der Waals surface area contributed by atoms with E-state index in [4.69, 9.17) is 0 Å². The van der Waals surface area contributed by atoms with Crippen molar-refractivity contribution in [1.29, 1.82) is 0 Å². The Kier molecular flexibility index (Phi) is 6.99. The summed E-state index contributed by atoms with van der Waals surface area (Å²) in [5, 5.41) is 2.62. The highest BCUT2D eigenvalue weighted by atomic mass is 32.2. The van der Waals surface area contributed by atoms with Gasteiger partial charge in [-0.2, -0.15) is 4.57 Å². The van der Waals surface area contributed by atoms with Gasteiger partial charge in [0.05, 0.1) is 10.7 Å². The van der Waals surface area contributed by atoms with E-state index < -0.39 is 0 Å². The van der Waals surface area contributed by atoms with Crippen molar-refractivity contribution >= 4 is 45.1 Å². The van der Waals surface area contributed by atoms with Crippen LogP contribution in [0.3, 0.4) is 0 Å². The Labute approximate surface area is 194 Å². The summed E-state index contributed by atoms with van der Waals surface area (Å²) in [4.78, 5) is 3.81. The zero-order valence-electron chi connectivity index (χ0n) is 18.9. The fourth-order valence-electron chi connectivity index (χ4n) is 3.92. The van der Waals surface area contributed by atoms with E-state index in [9.17, 15) is 0 Å². The predicted octanol–water partition coefficient (Wildman–Crippen LogP) is 7.65. The Balaban J connectivity index is 1.53.